The van der Waals surface area contributed by atoms with Crippen molar-refractivity contribution in [2.75, 3.05) is 0 Å². The van der Waals surface area contributed by atoms with E-state index >= 15 is 0 Å². The molecule has 0 aliphatic rings. The van der Waals surface area contributed by atoms with Gasteiger partial charge in [-0.2, -0.15) is 0 Å². The van der Waals surface area contributed by atoms with Crippen LogP contribution in [0.15, 0.2) is 158 Å². The fourth-order valence-electron chi connectivity index (χ4n) is 6.31. The van der Waals surface area contributed by atoms with E-state index in [-0.39, 0.29) is 0 Å². The van der Waals surface area contributed by atoms with E-state index in [2.05, 4.69) is 120 Å². The molecule has 0 amide bonds. The van der Waals surface area contributed by atoms with Crippen molar-refractivity contribution in [2.45, 2.75) is 0 Å². The SMILES string of the molecule is c1ccc(-c2nc(-c3ccc4cc5ccccc5cc4c3)nc(-c3cccc4ccc(-c5ccc6cccnc6c5)cc34)n2)cc1. The summed E-state index contributed by atoms with van der Waals surface area (Å²) >= 11 is 0. The van der Waals surface area contributed by atoms with Crippen molar-refractivity contribution in [3.63, 3.8) is 0 Å². The Hall–Kier alpha value is -6.26. The Morgan fingerprint density at radius 2 is 0.935 bits per heavy atom. The van der Waals surface area contributed by atoms with Crippen molar-refractivity contribution in [1.29, 1.82) is 0 Å². The Kier molecular flexibility index (Phi) is 6.10. The maximum atomic E-state index is 5.13. The first-order valence-corrected chi connectivity index (χ1v) is 15.4. The number of rotatable bonds is 4. The molecule has 0 N–H and O–H groups in total. The maximum absolute atomic E-state index is 5.13. The van der Waals surface area contributed by atoms with Crippen LogP contribution < -0.4 is 0 Å². The molecule has 214 valence electrons. The highest BCUT2D eigenvalue weighted by atomic mass is 15.0. The molecule has 9 aromatic rings. The second kappa shape index (κ2) is 10.7. The summed E-state index contributed by atoms with van der Waals surface area (Å²) in [6.07, 6.45) is 1.84. The van der Waals surface area contributed by atoms with Gasteiger partial charge in [-0.25, -0.2) is 15.0 Å². The molecule has 0 aliphatic heterocycles. The van der Waals surface area contributed by atoms with E-state index < -0.39 is 0 Å². The third-order valence-corrected chi connectivity index (χ3v) is 8.69. The highest BCUT2D eigenvalue weighted by Crippen LogP contribution is 2.34. The van der Waals surface area contributed by atoms with Gasteiger partial charge in [-0.3, -0.25) is 4.98 Å². The standard InChI is InChI=1S/C42H26N4/c1-2-8-29(9-3-1)40-44-41(35-20-19-32-22-30-10-4-5-11-31(30)23-36(32)24-35)46-42(45-40)37-14-6-12-27-15-17-33(25-38(27)37)34-18-16-28-13-7-21-43-39(28)26-34/h1-26H. The number of pyridine rings is 1. The zero-order valence-electron chi connectivity index (χ0n) is 24.8. The lowest BCUT2D eigenvalue weighted by molar-refractivity contribution is 1.08. The highest BCUT2D eigenvalue weighted by molar-refractivity contribution is 6.00. The van der Waals surface area contributed by atoms with Crippen molar-refractivity contribution >= 4 is 43.2 Å². The lowest BCUT2D eigenvalue weighted by Gasteiger charge is -2.12. The number of aromatic nitrogens is 4. The molecule has 0 spiro atoms. The molecule has 0 atom stereocenters. The van der Waals surface area contributed by atoms with E-state index in [1.54, 1.807) is 0 Å². The topological polar surface area (TPSA) is 51.6 Å². The normalized spacial score (nSPS) is 11.5. The van der Waals surface area contributed by atoms with Gasteiger partial charge in [0.15, 0.2) is 17.5 Å². The van der Waals surface area contributed by atoms with Crippen molar-refractivity contribution in [2.24, 2.45) is 0 Å². The predicted molar refractivity (Wildman–Crippen MR) is 189 cm³/mol. The van der Waals surface area contributed by atoms with Crippen LogP contribution in [0.1, 0.15) is 0 Å². The van der Waals surface area contributed by atoms with E-state index in [0.29, 0.717) is 17.5 Å². The van der Waals surface area contributed by atoms with Crippen LogP contribution in [0.25, 0.3) is 88.5 Å². The summed E-state index contributed by atoms with van der Waals surface area (Å²) in [7, 11) is 0. The molecule has 2 heterocycles. The van der Waals surface area contributed by atoms with E-state index in [1.165, 1.54) is 16.2 Å². The minimum atomic E-state index is 0.644. The van der Waals surface area contributed by atoms with Crippen LogP contribution in [0.5, 0.6) is 0 Å². The van der Waals surface area contributed by atoms with E-state index in [4.69, 9.17) is 15.0 Å². The van der Waals surface area contributed by atoms with Crippen molar-refractivity contribution in [1.82, 2.24) is 19.9 Å². The minimum Gasteiger partial charge on any atom is -0.256 e. The number of hydrogen-bond donors (Lipinski definition) is 0. The quantitative estimate of drug-likeness (QED) is 0.193. The van der Waals surface area contributed by atoms with Crippen molar-refractivity contribution in [3.05, 3.63) is 158 Å². The summed E-state index contributed by atoms with van der Waals surface area (Å²) in [5.74, 6) is 1.94. The third-order valence-electron chi connectivity index (χ3n) is 8.69. The van der Waals surface area contributed by atoms with Crippen molar-refractivity contribution < 1.29 is 0 Å². The average molecular weight is 587 g/mol. The molecule has 0 fully saturated rings. The smallest absolute Gasteiger partial charge is 0.164 e. The van der Waals surface area contributed by atoms with Gasteiger partial charge >= 0.3 is 0 Å². The summed E-state index contributed by atoms with van der Waals surface area (Å²) in [6.45, 7) is 0. The molecule has 7 aromatic carbocycles. The molecule has 0 saturated heterocycles. The molecular weight excluding hydrogens is 560 g/mol. The van der Waals surface area contributed by atoms with Crippen LogP contribution in [0.3, 0.4) is 0 Å². The largest absolute Gasteiger partial charge is 0.256 e. The molecule has 0 unspecified atom stereocenters. The molecule has 0 saturated carbocycles. The van der Waals surface area contributed by atoms with Gasteiger partial charge in [0.1, 0.15) is 0 Å². The summed E-state index contributed by atoms with van der Waals surface area (Å²) in [6, 6.07) is 52.9. The Morgan fingerprint density at radius 1 is 0.326 bits per heavy atom. The number of fused-ring (bicyclic) bond motifs is 4. The molecule has 9 rings (SSSR count). The summed E-state index contributed by atoms with van der Waals surface area (Å²) in [4.78, 5) is 19.8. The fourth-order valence-corrected chi connectivity index (χ4v) is 6.31. The number of hydrogen-bond acceptors (Lipinski definition) is 4. The molecule has 2 aromatic heterocycles. The monoisotopic (exact) mass is 586 g/mol. The van der Waals surface area contributed by atoms with Crippen LogP contribution in [-0.4, -0.2) is 19.9 Å². The Balaban J connectivity index is 1.23. The van der Waals surface area contributed by atoms with Gasteiger partial charge in [0.25, 0.3) is 0 Å². The Bertz CT molecular complexity index is 2590. The Morgan fingerprint density at radius 3 is 1.78 bits per heavy atom. The van der Waals surface area contributed by atoms with E-state index in [0.717, 1.165) is 54.9 Å². The summed E-state index contributed by atoms with van der Waals surface area (Å²) in [5.41, 5.74) is 6.08. The lowest BCUT2D eigenvalue weighted by Crippen LogP contribution is -2.00. The van der Waals surface area contributed by atoms with Gasteiger partial charge in [0, 0.05) is 28.3 Å². The predicted octanol–water partition coefficient (Wildman–Crippen LogP) is 10.5. The van der Waals surface area contributed by atoms with E-state index in [1.807, 2.05) is 42.6 Å². The van der Waals surface area contributed by atoms with Gasteiger partial charge in [0.2, 0.25) is 0 Å². The molecule has 4 nitrogen and oxygen atoms in total. The molecule has 0 aliphatic carbocycles. The van der Waals surface area contributed by atoms with Crippen LogP contribution in [0.2, 0.25) is 0 Å². The first kappa shape index (κ1) is 26.2. The maximum Gasteiger partial charge on any atom is 0.164 e. The van der Waals surface area contributed by atoms with E-state index in [9.17, 15) is 0 Å². The third kappa shape index (κ3) is 4.64. The zero-order valence-corrected chi connectivity index (χ0v) is 24.8. The summed E-state index contributed by atoms with van der Waals surface area (Å²) in [5, 5.41) is 8.11. The second-order valence-electron chi connectivity index (χ2n) is 11.6. The van der Waals surface area contributed by atoms with Crippen LogP contribution in [0.4, 0.5) is 0 Å². The van der Waals surface area contributed by atoms with Crippen LogP contribution in [-0.2, 0) is 0 Å². The van der Waals surface area contributed by atoms with Crippen LogP contribution >= 0.6 is 0 Å². The van der Waals surface area contributed by atoms with Gasteiger partial charge in [0.05, 0.1) is 5.52 Å². The van der Waals surface area contributed by atoms with Crippen LogP contribution in [0, 0.1) is 0 Å². The lowest BCUT2D eigenvalue weighted by atomic mass is 9.97. The minimum absolute atomic E-state index is 0.644. The van der Waals surface area contributed by atoms with Gasteiger partial charge in [-0.15, -0.1) is 0 Å². The Labute approximate surface area is 265 Å². The zero-order chi connectivity index (χ0) is 30.5. The fraction of sp³-hybridized carbons (Fsp3) is 0. The molecule has 46 heavy (non-hydrogen) atoms. The highest BCUT2D eigenvalue weighted by Gasteiger charge is 2.15. The number of nitrogens with zero attached hydrogens (tertiary/aromatic N) is 4. The second-order valence-corrected chi connectivity index (χ2v) is 11.6. The number of benzene rings is 7. The molecule has 0 radical (unpaired) electrons. The van der Waals surface area contributed by atoms with Crippen molar-refractivity contribution in [3.8, 4) is 45.3 Å². The molecular formula is C42H26N4. The first-order chi connectivity index (χ1) is 22.7. The van der Waals surface area contributed by atoms with Gasteiger partial charge < -0.3 is 0 Å². The molecule has 0 bridgehead atoms. The van der Waals surface area contributed by atoms with Gasteiger partial charge in [-0.05, 0) is 79.8 Å². The average Bonchev–Trinajstić information content (AvgIpc) is 3.13. The molecule has 4 heteroatoms. The first-order valence-electron chi connectivity index (χ1n) is 15.4. The van der Waals surface area contributed by atoms with Gasteiger partial charge in [-0.1, -0.05) is 115 Å². The summed E-state index contributed by atoms with van der Waals surface area (Å²) < 4.78 is 0.